The van der Waals surface area contributed by atoms with Gasteiger partial charge in [-0.25, -0.2) is 4.79 Å². The van der Waals surface area contributed by atoms with E-state index in [4.69, 9.17) is 9.84 Å². The second kappa shape index (κ2) is 5.22. The van der Waals surface area contributed by atoms with E-state index >= 15 is 0 Å². The number of aromatic carboxylic acids is 1. The second-order valence-corrected chi connectivity index (χ2v) is 3.75. The minimum absolute atomic E-state index is 0.0477. The van der Waals surface area contributed by atoms with Gasteiger partial charge in [0.2, 0.25) is 0 Å². The quantitative estimate of drug-likeness (QED) is 0.824. The third-order valence-corrected chi connectivity index (χ3v) is 2.47. The number of carboxylic acid groups (broad SMARTS) is 1. The Morgan fingerprint density at radius 2 is 1.84 bits per heavy atom. The number of aromatic hydroxyl groups is 1. The van der Waals surface area contributed by atoms with Crippen LogP contribution in [-0.2, 0) is 0 Å². The lowest BCUT2D eigenvalue weighted by molar-refractivity contribution is 0.0696. The first kappa shape index (κ1) is 12.6. The number of phenols is 1. The lowest BCUT2D eigenvalue weighted by atomic mass is 10.2. The molecule has 0 unspecified atom stereocenters. The van der Waals surface area contributed by atoms with Gasteiger partial charge in [-0.05, 0) is 30.3 Å². The fourth-order valence-electron chi connectivity index (χ4n) is 1.53. The van der Waals surface area contributed by atoms with Crippen molar-refractivity contribution in [2.45, 2.75) is 0 Å². The van der Waals surface area contributed by atoms with Crippen LogP contribution in [0, 0.1) is 0 Å². The van der Waals surface area contributed by atoms with Crippen molar-refractivity contribution < 1.29 is 24.5 Å². The summed E-state index contributed by atoms with van der Waals surface area (Å²) in [5.74, 6) is -1.08. The maximum absolute atomic E-state index is 10.8. The molecular weight excluding hydrogens is 248 g/mol. The molecular formula is C14H10O5. The van der Waals surface area contributed by atoms with Crippen LogP contribution in [0.25, 0.3) is 0 Å². The number of carbonyl (C=O) groups is 2. The second-order valence-electron chi connectivity index (χ2n) is 3.75. The molecule has 2 aromatic rings. The predicted molar refractivity (Wildman–Crippen MR) is 67.0 cm³/mol. The summed E-state index contributed by atoms with van der Waals surface area (Å²) in [7, 11) is 0. The first-order valence-electron chi connectivity index (χ1n) is 5.40. The van der Waals surface area contributed by atoms with E-state index in [0.717, 1.165) is 6.07 Å². The van der Waals surface area contributed by atoms with Crippen LogP contribution in [0.15, 0.2) is 42.5 Å². The third-order valence-electron chi connectivity index (χ3n) is 2.47. The molecule has 0 heterocycles. The van der Waals surface area contributed by atoms with Gasteiger partial charge >= 0.3 is 5.97 Å². The summed E-state index contributed by atoms with van der Waals surface area (Å²) in [6, 6.07) is 10.2. The number of benzene rings is 2. The van der Waals surface area contributed by atoms with Crippen molar-refractivity contribution in [3.8, 4) is 17.2 Å². The number of para-hydroxylation sites is 1. The topological polar surface area (TPSA) is 83.8 Å². The minimum Gasteiger partial charge on any atom is -0.504 e. The highest BCUT2D eigenvalue weighted by Crippen LogP contribution is 2.32. The summed E-state index contributed by atoms with van der Waals surface area (Å²) in [6.07, 6.45) is 0.637. The van der Waals surface area contributed by atoms with Crippen molar-refractivity contribution in [3.05, 3.63) is 53.6 Å². The third kappa shape index (κ3) is 2.71. The Bertz CT molecular complexity index is 633. The smallest absolute Gasteiger partial charge is 0.335 e. The molecule has 0 bridgehead atoms. The number of ether oxygens (including phenoxy) is 1. The van der Waals surface area contributed by atoms with Gasteiger partial charge < -0.3 is 14.9 Å². The number of aldehydes is 1. The van der Waals surface area contributed by atoms with Crippen LogP contribution >= 0.6 is 0 Å². The predicted octanol–water partition coefficient (Wildman–Crippen LogP) is 2.70. The average Bonchev–Trinajstić information content (AvgIpc) is 2.41. The maximum atomic E-state index is 10.8. The number of rotatable bonds is 4. The van der Waals surface area contributed by atoms with Gasteiger partial charge in [0, 0.05) is 0 Å². The van der Waals surface area contributed by atoms with E-state index in [1.807, 2.05) is 0 Å². The van der Waals surface area contributed by atoms with Crippen LogP contribution in [0.5, 0.6) is 17.2 Å². The molecule has 0 aliphatic carbocycles. The van der Waals surface area contributed by atoms with E-state index in [1.165, 1.54) is 12.1 Å². The van der Waals surface area contributed by atoms with Crippen LogP contribution in [0.1, 0.15) is 20.7 Å². The van der Waals surface area contributed by atoms with Gasteiger partial charge in [0.15, 0.2) is 17.8 Å². The number of hydrogen-bond donors (Lipinski definition) is 2. The van der Waals surface area contributed by atoms with Crippen LogP contribution in [0.3, 0.4) is 0 Å². The van der Waals surface area contributed by atoms with E-state index in [1.54, 1.807) is 24.3 Å². The molecule has 0 saturated carbocycles. The van der Waals surface area contributed by atoms with Gasteiger partial charge in [-0.2, -0.15) is 0 Å². The Morgan fingerprint density at radius 3 is 2.47 bits per heavy atom. The Kier molecular flexibility index (Phi) is 3.47. The summed E-state index contributed by atoms with van der Waals surface area (Å²) in [4.78, 5) is 21.6. The van der Waals surface area contributed by atoms with Gasteiger partial charge in [0.05, 0.1) is 11.1 Å². The molecule has 96 valence electrons. The average molecular weight is 258 g/mol. The minimum atomic E-state index is -1.14. The van der Waals surface area contributed by atoms with E-state index in [0.29, 0.717) is 11.8 Å². The molecule has 0 aliphatic rings. The van der Waals surface area contributed by atoms with Crippen molar-refractivity contribution in [2.75, 3.05) is 0 Å². The highest BCUT2D eigenvalue weighted by atomic mass is 16.5. The molecule has 0 radical (unpaired) electrons. The zero-order valence-electron chi connectivity index (χ0n) is 9.74. The number of carboxylic acids is 1. The Balaban J connectivity index is 2.33. The van der Waals surface area contributed by atoms with E-state index in [2.05, 4.69) is 0 Å². The molecule has 5 heteroatoms. The van der Waals surface area contributed by atoms with Crippen molar-refractivity contribution in [1.82, 2.24) is 0 Å². The van der Waals surface area contributed by atoms with E-state index < -0.39 is 5.97 Å². The van der Waals surface area contributed by atoms with Crippen molar-refractivity contribution >= 4 is 12.3 Å². The van der Waals surface area contributed by atoms with Crippen LogP contribution < -0.4 is 4.74 Å². The summed E-state index contributed by atoms with van der Waals surface area (Å²) < 4.78 is 5.39. The molecule has 0 atom stereocenters. The first-order valence-corrected chi connectivity index (χ1v) is 5.40. The molecule has 2 aromatic carbocycles. The summed E-state index contributed by atoms with van der Waals surface area (Å²) >= 11 is 0. The monoisotopic (exact) mass is 258 g/mol. The fraction of sp³-hybridized carbons (Fsp3) is 0. The normalized spacial score (nSPS) is 9.89. The summed E-state index contributed by atoms with van der Waals surface area (Å²) in [6.45, 7) is 0. The standard InChI is InChI=1S/C14H10O5/c15-8-10-3-1-2-4-12(10)19-13-6-5-9(14(17)18)7-11(13)16/h1-8,16H,(H,17,18). The van der Waals surface area contributed by atoms with E-state index in [9.17, 15) is 14.7 Å². The van der Waals surface area contributed by atoms with Crippen molar-refractivity contribution in [2.24, 2.45) is 0 Å². The molecule has 2 rings (SSSR count). The van der Waals surface area contributed by atoms with Gasteiger partial charge in [0.1, 0.15) is 5.75 Å². The number of hydrogen-bond acceptors (Lipinski definition) is 4. The Labute approximate surface area is 108 Å². The summed E-state index contributed by atoms with van der Waals surface area (Å²) in [5, 5.41) is 18.5. The van der Waals surface area contributed by atoms with E-state index in [-0.39, 0.29) is 22.8 Å². The molecule has 0 aliphatic heterocycles. The lowest BCUT2D eigenvalue weighted by Gasteiger charge is -2.09. The van der Waals surface area contributed by atoms with Gasteiger partial charge in [-0.1, -0.05) is 12.1 Å². The van der Waals surface area contributed by atoms with Crippen molar-refractivity contribution in [3.63, 3.8) is 0 Å². The van der Waals surface area contributed by atoms with Crippen LogP contribution in [0.4, 0.5) is 0 Å². The molecule has 0 fully saturated rings. The zero-order chi connectivity index (χ0) is 13.8. The van der Waals surface area contributed by atoms with Crippen LogP contribution in [-0.4, -0.2) is 22.5 Å². The molecule has 2 N–H and O–H groups in total. The molecule has 0 saturated heterocycles. The largest absolute Gasteiger partial charge is 0.504 e. The molecule has 0 aromatic heterocycles. The number of phenolic OH excluding ortho intramolecular Hbond substituents is 1. The van der Waals surface area contributed by atoms with Gasteiger partial charge in [-0.15, -0.1) is 0 Å². The van der Waals surface area contributed by atoms with Crippen molar-refractivity contribution in [1.29, 1.82) is 0 Å². The molecule has 19 heavy (non-hydrogen) atoms. The molecule has 0 spiro atoms. The first-order chi connectivity index (χ1) is 9.11. The highest BCUT2D eigenvalue weighted by molar-refractivity contribution is 5.88. The highest BCUT2D eigenvalue weighted by Gasteiger charge is 2.10. The van der Waals surface area contributed by atoms with Gasteiger partial charge in [-0.3, -0.25) is 4.79 Å². The lowest BCUT2D eigenvalue weighted by Crippen LogP contribution is -1.96. The Hall–Kier alpha value is -2.82. The fourth-order valence-corrected chi connectivity index (χ4v) is 1.53. The molecule has 0 amide bonds. The van der Waals surface area contributed by atoms with Crippen LogP contribution in [0.2, 0.25) is 0 Å². The zero-order valence-corrected chi connectivity index (χ0v) is 9.74. The Morgan fingerprint density at radius 1 is 1.11 bits per heavy atom. The van der Waals surface area contributed by atoms with Gasteiger partial charge in [0.25, 0.3) is 0 Å². The maximum Gasteiger partial charge on any atom is 0.335 e. The molecule has 5 nitrogen and oxygen atoms in total. The number of carbonyl (C=O) groups excluding carboxylic acids is 1. The SMILES string of the molecule is O=Cc1ccccc1Oc1ccc(C(=O)O)cc1O. The summed E-state index contributed by atoms with van der Waals surface area (Å²) in [5.41, 5.74) is 0.290.